The zero-order valence-corrected chi connectivity index (χ0v) is 19.0. The van der Waals surface area contributed by atoms with Crippen LogP contribution in [-0.2, 0) is 0 Å². The number of nitrogens with zero attached hydrogens (tertiary/aromatic N) is 3. The van der Waals surface area contributed by atoms with Gasteiger partial charge in [0, 0.05) is 16.6 Å². The Labute approximate surface area is 196 Å². The average molecular weight is 452 g/mol. The van der Waals surface area contributed by atoms with Crippen LogP contribution < -0.4 is 10.6 Å². The number of rotatable bonds is 3. The largest absolute Gasteiger partial charge is 0.332 e. The monoisotopic (exact) mass is 451 g/mol. The summed E-state index contributed by atoms with van der Waals surface area (Å²) in [5.41, 5.74) is 5.72. The van der Waals surface area contributed by atoms with Gasteiger partial charge in [0.1, 0.15) is 11.0 Å². The van der Waals surface area contributed by atoms with Crippen LogP contribution in [0, 0.1) is 13.8 Å². The third-order valence-corrected chi connectivity index (χ3v) is 5.68. The molecule has 0 radical (unpaired) electrons. The lowest BCUT2D eigenvalue weighted by molar-refractivity contribution is 0.0977. The van der Waals surface area contributed by atoms with Crippen molar-refractivity contribution in [2.24, 2.45) is 0 Å². The van der Waals surface area contributed by atoms with Gasteiger partial charge in [-0.2, -0.15) is 0 Å². The van der Waals surface area contributed by atoms with E-state index in [2.05, 4.69) is 39.0 Å². The van der Waals surface area contributed by atoms with Crippen molar-refractivity contribution >= 4 is 50.7 Å². The van der Waals surface area contributed by atoms with Gasteiger partial charge in [0.25, 0.3) is 5.91 Å². The van der Waals surface area contributed by atoms with Gasteiger partial charge in [-0.25, -0.2) is 0 Å². The minimum Gasteiger partial charge on any atom is -0.332 e. The number of aryl methyl sites for hydroxylation is 2. The predicted molar refractivity (Wildman–Crippen MR) is 136 cm³/mol. The number of hydrogen-bond donors (Lipinski definition) is 2. The van der Waals surface area contributed by atoms with E-state index >= 15 is 0 Å². The molecule has 4 aromatic carbocycles. The molecule has 0 unspecified atom stereocenters. The standard InChI is InChI=1S/C26H21N5OS/c1-16-10-12-20(17(2)14-16)25(32)28-26(33)27-19-11-13-22-23(15-19)30-31(29-22)24-9-5-7-18-6-3-4-8-21(18)24/h3-15H,1-2H3,(H2,27,28,32,33). The molecule has 0 saturated heterocycles. The summed E-state index contributed by atoms with van der Waals surface area (Å²) >= 11 is 5.35. The van der Waals surface area contributed by atoms with Crippen LogP contribution in [-0.4, -0.2) is 26.0 Å². The molecule has 5 rings (SSSR count). The van der Waals surface area contributed by atoms with Gasteiger partial charge < -0.3 is 5.32 Å². The molecule has 0 atom stereocenters. The summed E-state index contributed by atoms with van der Waals surface area (Å²) in [6.07, 6.45) is 0. The van der Waals surface area contributed by atoms with Gasteiger partial charge in [0.15, 0.2) is 5.11 Å². The van der Waals surface area contributed by atoms with Crippen LogP contribution in [0.3, 0.4) is 0 Å². The first kappa shape index (κ1) is 20.8. The van der Waals surface area contributed by atoms with Gasteiger partial charge in [-0.15, -0.1) is 15.0 Å². The van der Waals surface area contributed by atoms with Gasteiger partial charge in [0.05, 0.1) is 5.69 Å². The molecule has 6 nitrogen and oxygen atoms in total. The van der Waals surface area contributed by atoms with E-state index in [0.717, 1.165) is 44.3 Å². The highest BCUT2D eigenvalue weighted by Gasteiger charge is 2.12. The smallest absolute Gasteiger partial charge is 0.257 e. The number of aromatic nitrogens is 3. The number of carbonyl (C=O) groups excluding carboxylic acids is 1. The van der Waals surface area contributed by atoms with E-state index in [0.29, 0.717) is 5.56 Å². The van der Waals surface area contributed by atoms with E-state index in [1.54, 1.807) is 10.9 Å². The van der Waals surface area contributed by atoms with Crippen molar-refractivity contribution in [2.75, 3.05) is 5.32 Å². The highest BCUT2D eigenvalue weighted by atomic mass is 32.1. The topological polar surface area (TPSA) is 71.8 Å². The summed E-state index contributed by atoms with van der Waals surface area (Å²) in [5, 5.41) is 17.5. The van der Waals surface area contributed by atoms with E-state index in [4.69, 9.17) is 12.2 Å². The zero-order valence-electron chi connectivity index (χ0n) is 18.2. The van der Waals surface area contributed by atoms with Gasteiger partial charge in [-0.1, -0.05) is 54.1 Å². The Kier molecular flexibility index (Phi) is 5.32. The highest BCUT2D eigenvalue weighted by molar-refractivity contribution is 7.80. The third kappa shape index (κ3) is 4.18. The quantitative estimate of drug-likeness (QED) is 0.364. The Balaban J connectivity index is 1.36. The molecule has 0 aliphatic carbocycles. The maximum absolute atomic E-state index is 12.6. The maximum Gasteiger partial charge on any atom is 0.257 e. The van der Waals surface area contributed by atoms with Crippen LogP contribution in [0.1, 0.15) is 21.5 Å². The third-order valence-electron chi connectivity index (χ3n) is 5.47. The number of fused-ring (bicyclic) bond motifs is 2. The molecule has 1 amide bonds. The number of hydrogen-bond acceptors (Lipinski definition) is 4. The average Bonchev–Trinajstić information content (AvgIpc) is 3.21. The van der Waals surface area contributed by atoms with Crippen LogP contribution in [0.4, 0.5) is 5.69 Å². The molecule has 0 bridgehead atoms. The highest BCUT2D eigenvalue weighted by Crippen LogP contribution is 2.23. The normalized spacial score (nSPS) is 11.0. The van der Waals surface area contributed by atoms with Crippen molar-refractivity contribution < 1.29 is 4.79 Å². The lowest BCUT2D eigenvalue weighted by Gasteiger charge is -2.11. The fourth-order valence-electron chi connectivity index (χ4n) is 3.88. The summed E-state index contributed by atoms with van der Waals surface area (Å²) in [6.45, 7) is 3.90. The minimum atomic E-state index is -0.243. The number of amides is 1. The summed E-state index contributed by atoms with van der Waals surface area (Å²) in [7, 11) is 0. The maximum atomic E-state index is 12.6. The van der Waals surface area contributed by atoms with Crippen LogP contribution in [0.2, 0.25) is 0 Å². The number of benzene rings is 4. The molecule has 0 aliphatic heterocycles. The molecule has 33 heavy (non-hydrogen) atoms. The van der Waals surface area contributed by atoms with E-state index in [9.17, 15) is 4.79 Å². The Hall–Kier alpha value is -4.10. The molecule has 0 aliphatic rings. The molecule has 1 heterocycles. The van der Waals surface area contributed by atoms with Gasteiger partial charge >= 0.3 is 0 Å². The molecular formula is C26H21N5OS. The Morgan fingerprint density at radius 3 is 2.52 bits per heavy atom. The number of nitrogens with one attached hydrogen (secondary N) is 2. The van der Waals surface area contributed by atoms with Crippen LogP contribution in [0.5, 0.6) is 0 Å². The number of thiocarbonyl (C=S) groups is 1. The molecular weight excluding hydrogens is 430 g/mol. The van der Waals surface area contributed by atoms with Crippen molar-refractivity contribution in [3.05, 3.63) is 95.6 Å². The van der Waals surface area contributed by atoms with Gasteiger partial charge in [0.2, 0.25) is 0 Å². The summed E-state index contributed by atoms with van der Waals surface area (Å²) in [4.78, 5) is 14.2. The van der Waals surface area contributed by atoms with Crippen LogP contribution >= 0.6 is 12.2 Å². The van der Waals surface area contributed by atoms with E-state index < -0.39 is 0 Å². The van der Waals surface area contributed by atoms with Gasteiger partial charge in [-0.3, -0.25) is 10.1 Å². The fourth-order valence-corrected chi connectivity index (χ4v) is 4.09. The number of anilines is 1. The minimum absolute atomic E-state index is 0.223. The van der Waals surface area contributed by atoms with Crippen LogP contribution in [0.15, 0.2) is 78.9 Å². The second kappa shape index (κ2) is 8.44. The summed E-state index contributed by atoms with van der Waals surface area (Å²) in [5.74, 6) is -0.243. The fraction of sp³-hybridized carbons (Fsp3) is 0.0769. The SMILES string of the molecule is Cc1ccc(C(=O)NC(=S)Nc2ccc3nn(-c4cccc5ccccc45)nc3c2)c(C)c1. The molecule has 0 spiro atoms. The zero-order chi connectivity index (χ0) is 22.9. The lowest BCUT2D eigenvalue weighted by atomic mass is 10.1. The Morgan fingerprint density at radius 2 is 1.67 bits per heavy atom. The van der Waals surface area contributed by atoms with Crippen molar-refractivity contribution in [3.63, 3.8) is 0 Å². The molecule has 0 fully saturated rings. The first-order valence-corrected chi connectivity index (χ1v) is 10.9. The van der Waals surface area contributed by atoms with Crippen molar-refractivity contribution in [3.8, 4) is 5.69 Å². The summed E-state index contributed by atoms with van der Waals surface area (Å²) in [6, 6.07) is 25.5. The second-order valence-electron chi connectivity index (χ2n) is 7.92. The van der Waals surface area contributed by atoms with E-state index in [1.165, 1.54) is 0 Å². The van der Waals surface area contributed by atoms with E-state index in [1.807, 2.05) is 68.4 Å². The lowest BCUT2D eigenvalue weighted by Crippen LogP contribution is -2.34. The molecule has 2 N–H and O–H groups in total. The van der Waals surface area contributed by atoms with Crippen molar-refractivity contribution in [1.29, 1.82) is 0 Å². The van der Waals surface area contributed by atoms with E-state index in [-0.39, 0.29) is 11.0 Å². The van der Waals surface area contributed by atoms with Crippen LogP contribution in [0.25, 0.3) is 27.5 Å². The van der Waals surface area contributed by atoms with Crippen molar-refractivity contribution in [1.82, 2.24) is 20.3 Å². The molecule has 5 aromatic rings. The second-order valence-corrected chi connectivity index (χ2v) is 8.33. The first-order valence-electron chi connectivity index (χ1n) is 10.5. The Bertz CT molecular complexity index is 1530. The molecule has 7 heteroatoms. The summed E-state index contributed by atoms with van der Waals surface area (Å²) < 4.78 is 0. The molecule has 0 saturated carbocycles. The molecule has 1 aromatic heterocycles. The first-order chi connectivity index (χ1) is 16.0. The predicted octanol–water partition coefficient (Wildman–Crippen LogP) is 5.32. The molecule has 162 valence electrons. The Morgan fingerprint density at radius 1 is 0.879 bits per heavy atom. The van der Waals surface area contributed by atoms with Gasteiger partial charge in [-0.05, 0) is 67.3 Å². The van der Waals surface area contributed by atoms with Crippen molar-refractivity contribution in [2.45, 2.75) is 13.8 Å². The number of carbonyl (C=O) groups is 1.